The molecule has 138 valence electrons. The lowest BCUT2D eigenvalue weighted by Crippen LogP contribution is -2.41. The van der Waals surface area contributed by atoms with Crippen molar-refractivity contribution in [2.24, 2.45) is 29.6 Å². The molecular weight excluding hydrogens is 314 g/mol. The van der Waals surface area contributed by atoms with Crippen molar-refractivity contribution in [3.8, 4) is 0 Å². The first-order chi connectivity index (χ1) is 12.1. The molecule has 0 aromatic heterocycles. The Morgan fingerprint density at radius 2 is 1.44 bits per heavy atom. The molecule has 0 aliphatic heterocycles. The van der Waals surface area contributed by atoms with Crippen molar-refractivity contribution in [2.75, 3.05) is 0 Å². The molecule has 0 nitrogen and oxygen atoms in total. The van der Waals surface area contributed by atoms with E-state index in [1.165, 1.54) is 51.4 Å². The predicted octanol–water partition coefficient (Wildman–Crippen LogP) is 7.09. The zero-order chi connectivity index (χ0) is 17.4. The second-order valence-corrected chi connectivity index (χ2v) is 9.11. The van der Waals surface area contributed by atoms with E-state index in [2.05, 4.69) is 6.92 Å². The van der Waals surface area contributed by atoms with Gasteiger partial charge in [-0.05, 0) is 98.1 Å². The number of rotatable bonds is 3. The summed E-state index contributed by atoms with van der Waals surface area (Å²) >= 11 is 0. The van der Waals surface area contributed by atoms with Crippen LogP contribution in [0, 0.1) is 41.2 Å². The molecule has 1 unspecified atom stereocenters. The summed E-state index contributed by atoms with van der Waals surface area (Å²) in [5.41, 5.74) is 0.893. The molecule has 1 aromatic carbocycles. The molecule has 3 fully saturated rings. The third-order valence-electron chi connectivity index (χ3n) is 7.70. The lowest BCUT2D eigenvalue weighted by molar-refractivity contribution is 0.00539. The van der Waals surface area contributed by atoms with E-state index >= 15 is 0 Å². The monoisotopic (exact) mass is 346 g/mol. The van der Waals surface area contributed by atoms with E-state index in [0.29, 0.717) is 5.92 Å². The highest BCUT2D eigenvalue weighted by Gasteiger charge is 2.44. The number of hydrogen-bond acceptors (Lipinski definition) is 0. The Balaban J connectivity index is 1.43. The van der Waals surface area contributed by atoms with Gasteiger partial charge in [-0.1, -0.05) is 26.2 Å². The molecule has 25 heavy (non-hydrogen) atoms. The smallest absolute Gasteiger partial charge is 0.126 e. The van der Waals surface area contributed by atoms with E-state index in [4.69, 9.17) is 0 Å². The van der Waals surface area contributed by atoms with Gasteiger partial charge in [-0.25, -0.2) is 8.78 Å². The van der Waals surface area contributed by atoms with Crippen LogP contribution >= 0.6 is 0 Å². The summed E-state index contributed by atoms with van der Waals surface area (Å²) in [6, 6.07) is 4.13. The molecule has 0 spiro atoms. The molecule has 3 saturated carbocycles. The molecule has 0 heterocycles. The maximum absolute atomic E-state index is 13.6. The van der Waals surface area contributed by atoms with Crippen LogP contribution in [0.15, 0.2) is 18.2 Å². The van der Waals surface area contributed by atoms with Gasteiger partial charge in [0.2, 0.25) is 0 Å². The van der Waals surface area contributed by atoms with Crippen molar-refractivity contribution in [3.63, 3.8) is 0 Å². The second kappa shape index (κ2) is 7.37. The molecule has 4 rings (SSSR count). The molecule has 2 heteroatoms. The van der Waals surface area contributed by atoms with E-state index < -0.39 is 11.6 Å². The Hall–Kier alpha value is -0.920. The van der Waals surface area contributed by atoms with Crippen molar-refractivity contribution in [1.29, 1.82) is 0 Å². The van der Waals surface area contributed by atoms with Gasteiger partial charge in [-0.2, -0.15) is 0 Å². The van der Waals surface area contributed by atoms with Crippen LogP contribution in [0.3, 0.4) is 0 Å². The average Bonchev–Trinajstić information content (AvgIpc) is 2.60. The minimum atomic E-state index is -0.421. The van der Waals surface area contributed by atoms with E-state index in [0.717, 1.165) is 54.1 Å². The Bertz CT molecular complexity index is 576. The highest BCUT2D eigenvalue weighted by molar-refractivity contribution is 5.23. The zero-order valence-electron chi connectivity index (χ0n) is 15.5. The average molecular weight is 347 g/mol. The van der Waals surface area contributed by atoms with Gasteiger partial charge in [0.1, 0.15) is 11.6 Å². The largest absolute Gasteiger partial charge is 0.207 e. The Labute approximate surface area is 151 Å². The third-order valence-corrected chi connectivity index (χ3v) is 7.70. The first-order valence-electron chi connectivity index (χ1n) is 10.6. The van der Waals surface area contributed by atoms with E-state index in [9.17, 15) is 8.78 Å². The van der Waals surface area contributed by atoms with E-state index in [1.54, 1.807) is 12.1 Å². The molecule has 6 atom stereocenters. The van der Waals surface area contributed by atoms with Gasteiger partial charge >= 0.3 is 0 Å². The molecule has 0 radical (unpaired) electrons. The van der Waals surface area contributed by atoms with Gasteiger partial charge in [0.05, 0.1) is 0 Å². The fourth-order valence-electron chi connectivity index (χ4n) is 6.68. The second-order valence-electron chi connectivity index (χ2n) is 9.11. The lowest BCUT2D eigenvalue weighted by Gasteiger charge is -2.51. The van der Waals surface area contributed by atoms with Gasteiger partial charge < -0.3 is 0 Å². The normalized spacial score (nSPS) is 38.0. The van der Waals surface area contributed by atoms with Crippen LogP contribution < -0.4 is 0 Å². The quantitative estimate of drug-likeness (QED) is 0.548. The minimum Gasteiger partial charge on any atom is -0.207 e. The van der Waals surface area contributed by atoms with Crippen LogP contribution in [0.25, 0.3) is 0 Å². The lowest BCUT2D eigenvalue weighted by atomic mass is 9.55. The molecule has 0 bridgehead atoms. The van der Waals surface area contributed by atoms with Crippen molar-refractivity contribution in [2.45, 2.75) is 77.0 Å². The fraction of sp³-hybridized carbons (Fsp3) is 0.739. The fourth-order valence-corrected chi connectivity index (χ4v) is 6.68. The number of benzene rings is 1. The zero-order valence-corrected chi connectivity index (χ0v) is 15.5. The highest BCUT2D eigenvalue weighted by Crippen LogP contribution is 2.55. The van der Waals surface area contributed by atoms with E-state index in [-0.39, 0.29) is 0 Å². The summed E-state index contributed by atoms with van der Waals surface area (Å²) in [7, 11) is 0. The number of fused-ring (bicyclic) bond motifs is 3. The SMILES string of the molecule is CCC[C@@H]1CC[C@H]2[C@H](CC[C@H]3CC(c4cc(F)cc(F)c4)CC[C@@H]32)C1. The molecule has 3 aliphatic rings. The predicted molar refractivity (Wildman–Crippen MR) is 98.4 cm³/mol. The molecule has 0 N–H and O–H groups in total. The van der Waals surface area contributed by atoms with Crippen LogP contribution in [0.1, 0.15) is 82.6 Å². The molecule has 3 aliphatic carbocycles. The van der Waals surface area contributed by atoms with Crippen molar-refractivity contribution in [3.05, 3.63) is 35.4 Å². The summed E-state index contributed by atoms with van der Waals surface area (Å²) in [4.78, 5) is 0. The Kier molecular flexibility index (Phi) is 5.15. The first-order valence-corrected chi connectivity index (χ1v) is 10.6. The third kappa shape index (κ3) is 3.64. The number of hydrogen-bond donors (Lipinski definition) is 0. The topological polar surface area (TPSA) is 0 Å². The highest BCUT2D eigenvalue weighted by atomic mass is 19.1. The maximum Gasteiger partial charge on any atom is 0.126 e. The van der Waals surface area contributed by atoms with Crippen LogP contribution in [-0.4, -0.2) is 0 Å². The molecule has 0 amide bonds. The first kappa shape index (κ1) is 17.5. The van der Waals surface area contributed by atoms with Gasteiger partial charge in [0.15, 0.2) is 0 Å². The summed E-state index contributed by atoms with van der Waals surface area (Å²) in [6.45, 7) is 2.32. The standard InChI is InChI=1S/C23H32F2/c1-2-3-15-4-8-22-17(10-15)5-6-18-11-16(7-9-23(18)22)19-12-20(24)14-21(25)13-19/h12-18,22-23H,2-11H2,1H3/t15-,16?,17-,18+,22+,23+/m1/s1. The molecule has 0 saturated heterocycles. The van der Waals surface area contributed by atoms with Gasteiger partial charge in [0.25, 0.3) is 0 Å². The minimum absolute atomic E-state index is 0.361. The van der Waals surface area contributed by atoms with Crippen molar-refractivity contribution >= 4 is 0 Å². The Morgan fingerprint density at radius 1 is 0.800 bits per heavy atom. The Morgan fingerprint density at radius 3 is 2.12 bits per heavy atom. The van der Waals surface area contributed by atoms with Crippen LogP contribution in [0.4, 0.5) is 8.78 Å². The summed E-state index contributed by atoms with van der Waals surface area (Å²) in [6.07, 6.45) is 13.4. The van der Waals surface area contributed by atoms with Gasteiger partial charge in [-0.15, -0.1) is 0 Å². The summed E-state index contributed by atoms with van der Waals surface area (Å²) < 4.78 is 27.2. The van der Waals surface area contributed by atoms with Crippen molar-refractivity contribution < 1.29 is 8.78 Å². The van der Waals surface area contributed by atoms with Gasteiger partial charge in [0, 0.05) is 6.07 Å². The molecule has 1 aromatic rings. The van der Waals surface area contributed by atoms with Gasteiger partial charge in [-0.3, -0.25) is 0 Å². The van der Waals surface area contributed by atoms with E-state index in [1.807, 2.05) is 0 Å². The number of halogens is 2. The summed E-state index contributed by atoms with van der Waals surface area (Å²) in [5, 5.41) is 0. The molecular formula is C23H32F2. The van der Waals surface area contributed by atoms with Crippen LogP contribution in [-0.2, 0) is 0 Å². The summed E-state index contributed by atoms with van der Waals surface area (Å²) in [5.74, 6) is 4.08. The maximum atomic E-state index is 13.6. The van der Waals surface area contributed by atoms with Crippen molar-refractivity contribution in [1.82, 2.24) is 0 Å². The van der Waals surface area contributed by atoms with Crippen LogP contribution in [0.5, 0.6) is 0 Å². The van der Waals surface area contributed by atoms with Crippen LogP contribution in [0.2, 0.25) is 0 Å².